The van der Waals surface area contributed by atoms with Crippen molar-refractivity contribution in [3.63, 3.8) is 0 Å². The van der Waals surface area contributed by atoms with Gasteiger partial charge in [-0.3, -0.25) is 9.69 Å². The lowest BCUT2D eigenvalue weighted by molar-refractivity contribution is -0.144. The predicted molar refractivity (Wildman–Crippen MR) is 76.5 cm³/mol. The second kappa shape index (κ2) is 8.35. The van der Waals surface area contributed by atoms with E-state index in [1.807, 2.05) is 11.0 Å². The molecule has 0 bridgehead atoms. The lowest BCUT2D eigenvalue weighted by atomic mass is 10.2. The molecule has 0 fully saturated rings. The maximum atomic E-state index is 11.5. The molecule has 0 aliphatic carbocycles. The molecule has 0 aromatic carbocycles. The Morgan fingerprint density at radius 1 is 1.37 bits per heavy atom. The van der Waals surface area contributed by atoms with E-state index >= 15 is 0 Å². The third kappa shape index (κ3) is 5.76. The fourth-order valence-electron chi connectivity index (χ4n) is 1.72. The summed E-state index contributed by atoms with van der Waals surface area (Å²) < 4.78 is 4.96. The summed E-state index contributed by atoms with van der Waals surface area (Å²) in [6.07, 6.45) is 0.943. The molecule has 4 nitrogen and oxygen atoms in total. The molecule has 0 atom stereocenters. The molecule has 19 heavy (non-hydrogen) atoms. The summed E-state index contributed by atoms with van der Waals surface area (Å²) in [6.45, 7) is 5.83. The van der Waals surface area contributed by atoms with Crippen LogP contribution in [0.15, 0.2) is 12.1 Å². The van der Waals surface area contributed by atoms with Crippen molar-refractivity contribution in [2.75, 3.05) is 19.7 Å². The van der Waals surface area contributed by atoms with Crippen LogP contribution in [0.2, 0.25) is 10.3 Å². The zero-order valence-electron chi connectivity index (χ0n) is 11.2. The van der Waals surface area contributed by atoms with Crippen LogP contribution in [0.1, 0.15) is 25.8 Å². The molecule has 0 aliphatic heterocycles. The van der Waals surface area contributed by atoms with Crippen molar-refractivity contribution in [3.8, 4) is 0 Å². The highest BCUT2D eigenvalue weighted by atomic mass is 35.5. The first-order valence-corrected chi connectivity index (χ1v) is 7.01. The molecule has 0 unspecified atom stereocenters. The Kier molecular flexibility index (Phi) is 7.13. The van der Waals surface area contributed by atoms with E-state index in [0.717, 1.165) is 18.5 Å². The second-order valence-corrected chi connectivity index (χ2v) is 4.84. The van der Waals surface area contributed by atoms with Gasteiger partial charge in [0.15, 0.2) is 0 Å². The molecule has 0 aliphatic rings. The summed E-state index contributed by atoms with van der Waals surface area (Å²) in [5.74, 6) is -0.228. The summed E-state index contributed by atoms with van der Waals surface area (Å²) in [5, 5.41) is 0.735. The van der Waals surface area contributed by atoms with Crippen LogP contribution >= 0.6 is 23.2 Å². The molecule has 0 spiro atoms. The summed E-state index contributed by atoms with van der Waals surface area (Å²) in [5.41, 5.74) is 0.851. The quantitative estimate of drug-likeness (QED) is 0.573. The average molecular weight is 305 g/mol. The summed E-state index contributed by atoms with van der Waals surface area (Å²) in [4.78, 5) is 17.5. The topological polar surface area (TPSA) is 42.4 Å². The number of carbonyl (C=O) groups excluding carboxylic acids is 1. The van der Waals surface area contributed by atoms with Crippen LogP contribution in [0.4, 0.5) is 0 Å². The van der Waals surface area contributed by atoms with Crippen LogP contribution in [0.5, 0.6) is 0 Å². The van der Waals surface area contributed by atoms with E-state index in [0.29, 0.717) is 23.5 Å². The second-order valence-electron chi connectivity index (χ2n) is 4.10. The molecule has 1 rings (SSSR count). The van der Waals surface area contributed by atoms with E-state index in [1.165, 1.54) is 0 Å². The zero-order valence-corrected chi connectivity index (χ0v) is 12.7. The van der Waals surface area contributed by atoms with E-state index < -0.39 is 0 Å². The van der Waals surface area contributed by atoms with Crippen LogP contribution in [-0.2, 0) is 16.1 Å². The van der Waals surface area contributed by atoms with Gasteiger partial charge in [-0.05, 0) is 26.0 Å². The number of halogens is 2. The van der Waals surface area contributed by atoms with Crippen LogP contribution in [-0.4, -0.2) is 35.5 Å². The Bertz CT molecular complexity index is 427. The van der Waals surface area contributed by atoms with E-state index in [-0.39, 0.29) is 12.5 Å². The molecule has 106 valence electrons. The van der Waals surface area contributed by atoms with Gasteiger partial charge in [0.25, 0.3) is 0 Å². The highest BCUT2D eigenvalue weighted by Gasteiger charge is 2.13. The Morgan fingerprint density at radius 3 is 2.68 bits per heavy atom. The fraction of sp³-hybridized carbons (Fsp3) is 0.538. The van der Waals surface area contributed by atoms with Gasteiger partial charge in [0.2, 0.25) is 0 Å². The number of hydrogen-bond donors (Lipinski definition) is 0. The molecule has 1 aromatic heterocycles. The van der Waals surface area contributed by atoms with Gasteiger partial charge < -0.3 is 4.74 Å². The van der Waals surface area contributed by atoms with Crippen molar-refractivity contribution in [3.05, 3.63) is 28.0 Å². The smallest absolute Gasteiger partial charge is 0.320 e. The van der Waals surface area contributed by atoms with Crippen LogP contribution < -0.4 is 0 Å². The number of ether oxygens (including phenoxy) is 1. The minimum absolute atomic E-state index is 0.228. The van der Waals surface area contributed by atoms with Gasteiger partial charge in [-0.15, -0.1) is 0 Å². The van der Waals surface area contributed by atoms with E-state index in [2.05, 4.69) is 11.9 Å². The summed E-state index contributed by atoms with van der Waals surface area (Å²) in [6, 6.07) is 3.52. The van der Waals surface area contributed by atoms with E-state index in [9.17, 15) is 4.79 Å². The summed E-state index contributed by atoms with van der Waals surface area (Å²) >= 11 is 11.8. The molecule has 6 heteroatoms. The molecular formula is C13H18Cl2N2O2. The first-order chi connectivity index (χ1) is 9.06. The molecule has 1 aromatic rings. The van der Waals surface area contributed by atoms with Crippen molar-refractivity contribution in [2.24, 2.45) is 0 Å². The van der Waals surface area contributed by atoms with Gasteiger partial charge in [-0.1, -0.05) is 36.2 Å². The van der Waals surface area contributed by atoms with Gasteiger partial charge in [0.1, 0.15) is 10.3 Å². The molecule has 0 radical (unpaired) electrons. The van der Waals surface area contributed by atoms with Gasteiger partial charge in [0, 0.05) is 12.1 Å². The standard InChI is InChI=1S/C13H18Cl2N2O2/c1-3-7-17(9-12(18)19-4-2)8-10-5-6-11(14)16-13(10)15/h5-6H,3-4,7-9H2,1-2H3. The third-order valence-corrected chi connectivity index (χ3v) is 3.02. The SMILES string of the molecule is CCCN(CC(=O)OCC)Cc1ccc(Cl)nc1Cl. The maximum Gasteiger partial charge on any atom is 0.320 e. The molecule has 0 amide bonds. The molecule has 0 saturated carbocycles. The van der Waals surface area contributed by atoms with Gasteiger partial charge in [0.05, 0.1) is 13.2 Å². The number of hydrogen-bond acceptors (Lipinski definition) is 4. The van der Waals surface area contributed by atoms with E-state index in [4.69, 9.17) is 27.9 Å². The Hall–Kier alpha value is -0.840. The molecule has 0 saturated heterocycles. The van der Waals surface area contributed by atoms with Crippen molar-refractivity contribution in [1.29, 1.82) is 0 Å². The number of rotatable bonds is 7. The highest BCUT2D eigenvalue weighted by molar-refractivity contribution is 6.32. The number of aromatic nitrogens is 1. The third-order valence-electron chi connectivity index (χ3n) is 2.48. The predicted octanol–water partition coefficient (Wildman–Crippen LogP) is 3.16. The van der Waals surface area contributed by atoms with Crippen molar-refractivity contribution >= 4 is 29.2 Å². The molecular weight excluding hydrogens is 287 g/mol. The average Bonchev–Trinajstić information content (AvgIpc) is 2.33. The lowest BCUT2D eigenvalue weighted by Crippen LogP contribution is -2.31. The van der Waals surface area contributed by atoms with Crippen LogP contribution in [0, 0.1) is 0 Å². The number of carbonyl (C=O) groups is 1. The minimum atomic E-state index is -0.228. The number of nitrogens with zero attached hydrogens (tertiary/aromatic N) is 2. The van der Waals surface area contributed by atoms with Crippen molar-refractivity contribution in [1.82, 2.24) is 9.88 Å². The highest BCUT2D eigenvalue weighted by Crippen LogP contribution is 2.18. The molecule has 1 heterocycles. The number of pyridine rings is 1. The van der Waals surface area contributed by atoms with Crippen molar-refractivity contribution in [2.45, 2.75) is 26.8 Å². The Morgan fingerprint density at radius 2 is 2.11 bits per heavy atom. The maximum absolute atomic E-state index is 11.5. The zero-order chi connectivity index (χ0) is 14.3. The van der Waals surface area contributed by atoms with Crippen molar-refractivity contribution < 1.29 is 9.53 Å². The summed E-state index contributed by atoms with van der Waals surface area (Å²) in [7, 11) is 0. The minimum Gasteiger partial charge on any atom is -0.465 e. The van der Waals surface area contributed by atoms with Gasteiger partial charge in [-0.2, -0.15) is 0 Å². The number of esters is 1. The lowest BCUT2D eigenvalue weighted by Gasteiger charge is -2.20. The van der Waals surface area contributed by atoms with E-state index in [1.54, 1.807) is 13.0 Å². The molecule has 0 N–H and O–H groups in total. The van der Waals surface area contributed by atoms with Crippen LogP contribution in [0.3, 0.4) is 0 Å². The first kappa shape index (κ1) is 16.2. The van der Waals surface area contributed by atoms with Crippen LogP contribution in [0.25, 0.3) is 0 Å². The monoisotopic (exact) mass is 304 g/mol. The largest absolute Gasteiger partial charge is 0.465 e. The Labute approximate surface area is 123 Å². The van der Waals surface area contributed by atoms with Gasteiger partial charge in [-0.25, -0.2) is 4.98 Å². The van der Waals surface area contributed by atoms with Gasteiger partial charge >= 0.3 is 5.97 Å². The normalized spacial score (nSPS) is 10.8. The fourth-order valence-corrected chi connectivity index (χ4v) is 2.12. The first-order valence-electron chi connectivity index (χ1n) is 6.25. The Balaban J connectivity index is 2.69.